The van der Waals surface area contributed by atoms with Gasteiger partial charge in [0.15, 0.2) is 5.65 Å². The van der Waals surface area contributed by atoms with Gasteiger partial charge in [0.1, 0.15) is 5.52 Å². The molecule has 0 radical (unpaired) electrons. The lowest BCUT2D eigenvalue weighted by Crippen LogP contribution is -2.00. The van der Waals surface area contributed by atoms with Crippen LogP contribution in [0.1, 0.15) is 19.0 Å². The third-order valence-electron chi connectivity index (χ3n) is 3.88. The number of aryl methyl sites for hydroxylation is 1. The minimum atomic E-state index is 0.688. The predicted octanol–water partition coefficient (Wildman–Crippen LogP) is 4.08. The molecule has 0 aliphatic rings. The van der Waals surface area contributed by atoms with Gasteiger partial charge in [0.05, 0.1) is 11.2 Å². The summed E-state index contributed by atoms with van der Waals surface area (Å²) in [5, 5.41) is 10.6. The molecule has 120 valence electrons. The van der Waals surface area contributed by atoms with Gasteiger partial charge in [-0.15, -0.1) is 10.2 Å². The van der Waals surface area contributed by atoms with Crippen LogP contribution < -0.4 is 0 Å². The summed E-state index contributed by atoms with van der Waals surface area (Å²) in [4.78, 5) is 9.11. The summed E-state index contributed by atoms with van der Waals surface area (Å²) >= 11 is 1.56. The summed E-state index contributed by atoms with van der Waals surface area (Å²) in [5.41, 5.74) is 3.97. The van der Waals surface area contributed by atoms with Crippen molar-refractivity contribution in [2.24, 2.45) is 0 Å². The first-order valence-electron chi connectivity index (χ1n) is 8.01. The molecule has 0 N–H and O–H groups in total. The molecule has 4 rings (SSSR count). The molecule has 0 aliphatic carbocycles. The van der Waals surface area contributed by atoms with Crippen molar-refractivity contribution in [1.82, 2.24) is 24.7 Å². The van der Waals surface area contributed by atoms with Gasteiger partial charge in [0.25, 0.3) is 0 Å². The van der Waals surface area contributed by atoms with Crippen LogP contribution in [0.15, 0.2) is 53.8 Å². The van der Waals surface area contributed by atoms with Gasteiger partial charge in [-0.1, -0.05) is 43.0 Å². The standard InChI is InChI=1S/C18H17N5S/c1-2-11-23-15-9-4-3-8-14(15)16-17(23)20-18(22-21-16)24-12-13-7-5-6-10-19-13/h3-10H,2,11-12H2,1H3. The molecule has 0 saturated carbocycles. The summed E-state index contributed by atoms with van der Waals surface area (Å²) in [5.74, 6) is 0.738. The zero-order valence-corrected chi connectivity index (χ0v) is 14.2. The first-order valence-corrected chi connectivity index (χ1v) is 8.99. The monoisotopic (exact) mass is 335 g/mol. The van der Waals surface area contributed by atoms with Crippen molar-refractivity contribution in [2.75, 3.05) is 0 Å². The van der Waals surface area contributed by atoms with E-state index in [1.807, 2.05) is 24.3 Å². The van der Waals surface area contributed by atoms with Gasteiger partial charge in [-0.05, 0) is 24.6 Å². The third-order valence-corrected chi connectivity index (χ3v) is 4.75. The molecule has 0 unspecified atom stereocenters. The van der Waals surface area contributed by atoms with Crippen molar-refractivity contribution in [3.63, 3.8) is 0 Å². The second-order valence-corrected chi connectivity index (χ2v) is 6.49. The Morgan fingerprint density at radius 2 is 1.92 bits per heavy atom. The second-order valence-electron chi connectivity index (χ2n) is 5.55. The quantitative estimate of drug-likeness (QED) is 0.514. The van der Waals surface area contributed by atoms with Crippen molar-refractivity contribution in [3.05, 3.63) is 54.4 Å². The lowest BCUT2D eigenvalue weighted by atomic mass is 10.2. The number of pyridine rings is 1. The maximum Gasteiger partial charge on any atom is 0.211 e. The third kappa shape index (κ3) is 2.73. The first-order chi connectivity index (χ1) is 11.9. The van der Waals surface area contributed by atoms with E-state index in [0.29, 0.717) is 5.16 Å². The summed E-state index contributed by atoms with van der Waals surface area (Å²) in [7, 11) is 0. The number of fused-ring (bicyclic) bond motifs is 3. The average molecular weight is 335 g/mol. The van der Waals surface area contributed by atoms with Crippen LogP contribution in [0.2, 0.25) is 0 Å². The topological polar surface area (TPSA) is 56.5 Å². The SMILES string of the molecule is CCCn1c2ccccc2c2nnc(SCc3ccccn3)nc21. The van der Waals surface area contributed by atoms with Gasteiger partial charge in [0.2, 0.25) is 5.16 Å². The van der Waals surface area contributed by atoms with E-state index in [1.165, 1.54) is 5.52 Å². The minimum absolute atomic E-state index is 0.688. The summed E-state index contributed by atoms with van der Waals surface area (Å²) in [6, 6.07) is 14.2. The van der Waals surface area contributed by atoms with Crippen LogP contribution in [-0.2, 0) is 12.3 Å². The summed E-state index contributed by atoms with van der Waals surface area (Å²) in [6.45, 7) is 3.10. The zero-order chi connectivity index (χ0) is 16.4. The maximum absolute atomic E-state index is 4.77. The van der Waals surface area contributed by atoms with E-state index in [1.54, 1.807) is 18.0 Å². The number of rotatable bonds is 5. The van der Waals surface area contributed by atoms with E-state index in [0.717, 1.165) is 41.0 Å². The van der Waals surface area contributed by atoms with Crippen molar-refractivity contribution >= 4 is 33.8 Å². The van der Waals surface area contributed by atoms with E-state index in [2.05, 4.69) is 44.9 Å². The first kappa shape index (κ1) is 15.1. The Kier molecular flexibility index (Phi) is 4.13. The van der Waals surface area contributed by atoms with Crippen LogP contribution in [0.3, 0.4) is 0 Å². The van der Waals surface area contributed by atoms with Gasteiger partial charge in [-0.25, -0.2) is 4.98 Å². The van der Waals surface area contributed by atoms with Crippen LogP contribution in [0.25, 0.3) is 22.1 Å². The van der Waals surface area contributed by atoms with E-state index in [9.17, 15) is 0 Å². The zero-order valence-electron chi connectivity index (χ0n) is 13.4. The van der Waals surface area contributed by atoms with Crippen LogP contribution >= 0.6 is 11.8 Å². The van der Waals surface area contributed by atoms with Crippen LogP contribution in [0.5, 0.6) is 0 Å². The van der Waals surface area contributed by atoms with Gasteiger partial charge in [0, 0.05) is 23.9 Å². The highest BCUT2D eigenvalue weighted by Crippen LogP contribution is 2.27. The fraction of sp³-hybridized carbons (Fsp3) is 0.222. The molecule has 6 heteroatoms. The number of nitrogens with zero attached hydrogens (tertiary/aromatic N) is 5. The molecule has 5 nitrogen and oxygen atoms in total. The molecule has 1 aromatic carbocycles. The van der Waals surface area contributed by atoms with Crippen LogP contribution in [-0.4, -0.2) is 24.7 Å². The van der Waals surface area contributed by atoms with E-state index in [-0.39, 0.29) is 0 Å². The van der Waals surface area contributed by atoms with E-state index < -0.39 is 0 Å². The molecule has 3 heterocycles. The maximum atomic E-state index is 4.77. The molecule has 0 amide bonds. The Morgan fingerprint density at radius 3 is 2.75 bits per heavy atom. The highest BCUT2D eigenvalue weighted by atomic mass is 32.2. The Bertz CT molecular complexity index is 981. The number of hydrogen-bond acceptors (Lipinski definition) is 5. The van der Waals surface area contributed by atoms with Crippen LogP contribution in [0.4, 0.5) is 0 Å². The molecule has 4 aromatic rings. The number of para-hydroxylation sites is 1. The number of benzene rings is 1. The number of thioether (sulfide) groups is 1. The lowest BCUT2D eigenvalue weighted by molar-refractivity contribution is 0.709. The highest BCUT2D eigenvalue weighted by molar-refractivity contribution is 7.98. The molecule has 0 saturated heterocycles. The van der Waals surface area contributed by atoms with Gasteiger partial charge >= 0.3 is 0 Å². The van der Waals surface area contributed by atoms with E-state index >= 15 is 0 Å². The van der Waals surface area contributed by atoms with Gasteiger partial charge in [-0.3, -0.25) is 4.98 Å². The fourth-order valence-corrected chi connectivity index (χ4v) is 3.52. The molecule has 0 spiro atoms. The molecule has 0 bridgehead atoms. The molecule has 0 aliphatic heterocycles. The Hall–Kier alpha value is -2.47. The summed E-state index contributed by atoms with van der Waals surface area (Å²) < 4.78 is 2.24. The van der Waals surface area contributed by atoms with Gasteiger partial charge in [-0.2, -0.15) is 0 Å². The lowest BCUT2D eigenvalue weighted by Gasteiger charge is -2.04. The smallest absolute Gasteiger partial charge is 0.211 e. The van der Waals surface area contributed by atoms with Crippen LogP contribution in [0, 0.1) is 0 Å². The number of hydrogen-bond donors (Lipinski definition) is 0. The Morgan fingerprint density at radius 1 is 1.04 bits per heavy atom. The molecular formula is C18H17N5S. The van der Waals surface area contributed by atoms with Crippen molar-refractivity contribution in [2.45, 2.75) is 30.8 Å². The second kappa shape index (κ2) is 6.57. The van der Waals surface area contributed by atoms with Gasteiger partial charge < -0.3 is 4.57 Å². The van der Waals surface area contributed by atoms with Crippen molar-refractivity contribution in [1.29, 1.82) is 0 Å². The Labute approximate surface area is 144 Å². The molecule has 0 atom stereocenters. The highest BCUT2D eigenvalue weighted by Gasteiger charge is 2.14. The molecular weight excluding hydrogens is 318 g/mol. The normalized spacial score (nSPS) is 11.4. The van der Waals surface area contributed by atoms with Crippen molar-refractivity contribution in [3.8, 4) is 0 Å². The minimum Gasteiger partial charge on any atom is -0.324 e. The summed E-state index contributed by atoms with van der Waals surface area (Å²) in [6.07, 6.45) is 2.85. The van der Waals surface area contributed by atoms with E-state index in [4.69, 9.17) is 4.98 Å². The molecule has 24 heavy (non-hydrogen) atoms. The number of aromatic nitrogens is 5. The molecule has 3 aromatic heterocycles. The Balaban J connectivity index is 1.74. The fourth-order valence-electron chi connectivity index (χ4n) is 2.82. The molecule has 0 fully saturated rings. The average Bonchev–Trinajstić information content (AvgIpc) is 2.95. The van der Waals surface area contributed by atoms with Crippen molar-refractivity contribution < 1.29 is 0 Å². The largest absolute Gasteiger partial charge is 0.324 e. The predicted molar refractivity (Wildman–Crippen MR) is 96.9 cm³/mol.